The average molecular weight is 639 g/mol. The van der Waals surface area contributed by atoms with Gasteiger partial charge in [-0.05, 0) is 82.9 Å². The standard InChI is InChI=1S/C48H30S/c1-2-13-33(14-3-1)46-39-18-6-8-20-41(39)47(42-21-9-7-19-40(42)46)43-30-29-34(36-15-4-5-16-37(36)43)31-25-27-32(28-26-31)35-22-12-23-44-38-17-10-11-24-45(38)49-48(35)44/h1-30H. The molecule has 49 heavy (non-hydrogen) atoms. The molecule has 0 fully saturated rings. The minimum atomic E-state index is 1.23. The fourth-order valence-corrected chi connectivity index (χ4v) is 9.15. The highest BCUT2D eigenvalue weighted by atomic mass is 32.1. The number of hydrogen-bond donors (Lipinski definition) is 0. The summed E-state index contributed by atoms with van der Waals surface area (Å²) in [6.07, 6.45) is 0. The van der Waals surface area contributed by atoms with E-state index >= 15 is 0 Å². The fraction of sp³-hybridized carbons (Fsp3) is 0. The van der Waals surface area contributed by atoms with Crippen LogP contribution in [0.4, 0.5) is 0 Å². The van der Waals surface area contributed by atoms with Crippen LogP contribution in [0.2, 0.25) is 0 Å². The second kappa shape index (κ2) is 11.3. The van der Waals surface area contributed by atoms with E-state index in [1.807, 2.05) is 11.3 Å². The molecule has 228 valence electrons. The summed E-state index contributed by atoms with van der Waals surface area (Å²) in [5.41, 5.74) is 10.1. The van der Waals surface area contributed by atoms with Crippen LogP contribution in [0.5, 0.6) is 0 Å². The molecule has 0 aliphatic rings. The van der Waals surface area contributed by atoms with Crippen LogP contribution in [0, 0.1) is 0 Å². The molecule has 0 spiro atoms. The maximum Gasteiger partial charge on any atom is 0.0433 e. The van der Waals surface area contributed by atoms with Crippen molar-refractivity contribution >= 4 is 63.8 Å². The Balaban J connectivity index is 1.15. The summed E-state index contributed by atoms with van der Waals surface area (Å²) in [6.45, 7) is 0. The van der Waals surface area contributed by atoms with E-state index in [9.17, 15) is 0 Å². The second-order valence-corrected chi connectivity index (χ2v) is 13.8. The predicted octanol–water partition coefficient (Wildman–Crippen LogP) is 14.2. The van der Waals surface area contributed by atoms with Gasteiger partial charge < -0.3 is 0 Å². The van der Waals surface area contributed by atoms with Gasteiger partial charge in [0.1, 0.15) is 0 Å². The third-order valence-electron chi connectivity index (χ3n) is 10.1. The Morgan fingerprint density at radius 1 is 0.245 bits per heavy atom. The average Bonchev–Trinajstić information content (AvgIpc) is 3.56. The molecule has 1 heteroatoms. The van der Waals surface area contributed by atoms with Gasteiger partial charge in [0, 0.05) is 20.2 Å². The molecule has 0 saturated carbocycles. The lowest BCUT2D eigenvalue weighted by Crippen LogP contribution is -1.92. The van der Waals surface area contributed by atoms with Gasteiger partial charge in [-0.1, -0.05) is 176 Å². The zero-order chi connectivity index (χ0) is 32.3. The molecule has 0 atom stereocenters. The highest BCUT2D eigenvalue weighted by Crippen LogP contribution is 2.47. The molecule has 10 rings (SSSR count). The number of rotatable bonds is 4. The first kappa shape index (κ1) is 28.0. The van der Waals surface area contributed by atoms with Crippen molar-refractivity contribution in [3.8, 4) is 44.5 Å². The molecule has 1 heterocycles. The normalized spacial score (nSPS) is 11.7. The Kier molecular flexibility index (Phi) is 6.47. The van der Waals surface area contributed by atoms with Crippen molar-refractivity contribution in [3.63, 3.8) is 0 Å². The highest BCUT2D eigenvalue weighted by Gasteiger charge is 2.19. The molecule has 0 unspecified atom stereocenters. The van der Waals surface area contributed by atoms with Gasteiger partial charge in [0.15, 0.2) is 0 Å². The summed E-state index contributed by atoms with van der Waals surface area (Å²) in [6, 6.07) is 66.8. The molecule has 0 amide bonds. The third-order valence-corrected chi connectivity index (χ3v) is 11.3. The van der Waals surface area contributed by atoms with E-state index < -0.39 is 0 Å². The van der Waals surface area contributed by atoms with E-state index in [0.29, 0.717) is 0 Å². The second-order valence-electron chi connectivity index (χ2n) is 12.8. The van der Waals surface area contributed by atoms with Gasteiger partial charge in [-0.3, -0.25) is 0 Å². The number of fused-ring (bicyclic) bond motifs is 6. The highest BCUT2D eigenvalue weighted by molar-refractivity contribution is 7.26. The lowest BCUT2D eigenvalue weighted by Gasteiger charge is -2.19. The molecular formula is C48H30S. The third kappa shape index (κ3) is 4.44. The van der Waals surface area contributed by atoms with Gasteiger partial charge in [-0.25, -0.2) is 0 Å². The Morgan fingerprint density at radius 2 is 0.714 bits per heavy atom. The monoisotopic (exact) mass is 638 g/mol. The van der Waals surface area contributed by atoms with Crippen LogP contribution in [0.15, 0.2) is 182 Å². The molecule has 0 nitrogen and oxygen atoms in total. The van der Waals surface area contributed by atoms with Crippen molar-refractivity contribution in [2.24, 2.45) is 0 Å². The van der Waals surface area contributed by atoms with Crippen LogP contribution in [0.3, 0.4) is 0 Å². The van der Waals surface area contributed by atoms with E-state index in [1.54, 1.807) is 0 Å². The first-order valence-electron chi connectivity index (χ1n) is 16.9. The zero-order valence-electron chi connectivity index (χ0n) is 26.7. The Morgan fingerprint density at radius 3 is 1.37 bits per heavy atom. The van der Waals surface area contributed by atoms with E-state index in [2.05, 4.69) is 182 Å². The van der Waals surface area contributed by atoms with Crippen molar-refractivity contribution in [1.82, 2.24) is 0 Å². The Bertz CT molecular complexity index is 2800. The molecule has 9 aromatic carbocycles. The van der Waals surface area contributed by atoms with Crippen LogP contribution < -0.4 is 0 Å². The van der Waals surface area contributed by atoms with E-state index in [0.717, 1.165) is 0 Å². The molecule has 0 bridgehead atoms. The predicted molar refractivity (Wildman–Crippen MR) is 214 cm³/mol. The van der Waals surface area contributed by atoms with E-state index in [-0.39, 0.29) is 0 Å². The molecule has 0 radical (unpaired) electrons. The summed E-state index contributed by atoms with van der Waals surface area (Å²) >= 11 is 1.89. The number of hydrogen-bond acceptors (Lipinski definition) is 1. The molecule has 1 aromatic heterocycles. The van der Waals surface area contributed by atoms with Gasteiger partial charge in [-0.2, -0.15) is 0 Å². The fourth-order valence-electron chi connectivity index (χ4n) is 7.91. The lowest BCUT2D eigenvalue weighted by molar-refractivity contribution is 1.63. The first-order valence-corrected chi connectivity index (χ1v) is 17.7. The summed E-state index contributed by atoms with van der Waals surface area (Å²) in [7, 11) is 0. The van der Waals surface area contributed by atoms with Gasteiger partial charge in [0.05, 0.1) is 0 Å². The number of thiophene rings is 1. The lowest BCUT2D eigenvalue weighted by atomic mass is 9.84. The van der Waals surface area contributed by atoms with Crippen LogP contribution >= 0.6 is 11.3 Å². The van der Waals surface area contributed by atoms with E-state index in [4.69, 9.17) is 0 Å². The summed E-state index contributed by atoms with van der Waals surface area (Å²) < 4.78 is 2.69. The molecular weight excluding hydrogens is 609 g/mol. The quantitative estimate of drug-likeness (QED) is 0.168. The SMILES string of the molecule is c1ccc(-c2c3ccccc3c(-c3ccc(-c4ccc(-c5cccc6c5sc5ccccc56)cc4)c4ccccc34)c3ccccc23)cc1. The maximum absolute atomic E-state index is 2.35. The summed E-state index contributed by atoms with van der Waals surface area (Å²) in [5, 5.41) is 10.3. The van der Waals surface area contributed by atoms with Crippen LogP contribution in [0.1, 0.15) is 0 Å². The minimum Gasteiger partial charge on any atom is -0.135 e. The minimum absolute atomic E-state index is 1.23. The van der Waals surface area contributed by atoms with Crippen LogP contribution in [0.25, 0.3) is 97.0 Å². The van der Waals surface area contributed by atoms with Crippen molar-refractivity contribution in [1.29, 1.82) is 0 Å². The first-order chi connectivity index (χ1) is 24.3. The van der Waals surface area contributed by atoms with Gasteiger partial charge in [-0.15, -0.1) is 11.3 Å². The largest absolute Gasteiger partial charge is 0.135 e. The molecule has 0 N–H and O–H groups in total. The Labute approximate surface area is 289 Å². The van der Waals surface area contributed by atoms with Gasteiger partial charge in [0.25, 0.3) is 0 Å². The molecule has 0 aliphatic heterocycles. The van der Waals surface area contributed by atoms with Crippen molar-refractivity contribution in [2.75, 3.05) is 0 Å². The van der Waals surface area contributed by atoms with Gasteiger partial charge >= 0.3 is 0 Å². The summed E-state index contributed by atoms with van der Waals surface area (Å²) in [5.74, 6) is 0. The molecule has 10 aromatic rings. The summed E-state index contributed by atoms with van der Waals surface area (Å²) in [4.78, 5) is 0. The molecule has 0 aliphatic carbocycles. The van der Waals surface area contributed by atoms with Crippen LogP contribution in [-0.2, 0) is 0 Å². The van der Waals surface area contributed by atoms with Crippen molar-refractivity contribution < 1.29 is 0 Å². The van der Waals surface area contributed by atoms with Crippen LogP contribution in [-0.4, -0.2) is 0 Å². The van der Waals surface area contributed by atoms with Crippen molar-refractivity contribution in [2.45, 2.75) is 0 Å². The maximum atomic E-state index is 2.35. The number of benzene rings is 9. The van der Waals surface area contributed by atoms with Crippen molar-refractivity contribution in [3.05, 3.63) is 182 Å². The topological polar surface area (TPSA) is 0 Å². The Hall–Kier alpha value is -6.02. The zero-order valence-corrected chi connectivity index (χ0v) is 27.5. The van der Waals surface area contributed by atoms with Gasteiger partial charge in [0.2, 0.25) is 0 Å². The molecule has 0 saturated heterocycles. The van der Waals surface area contributed by atoms with E-state index in [1.165, 1.54) is 97.0 Å². The smallest absolute Gasteiger partial charge is 0.0433 e.